The minimum Gasteiger partial charge on any atom is -0.476 e. The Morgan fingerprint density at radius 2 is 1.95 bits per heavy atom. The number of nitrogens with one attached hydrogen (secondary N) is 1. The highest BCUT2D eigenvalue weighted by Crippen LogP contribution is 2.17. The van der Waals surface area contributed by atoms with E-state index in [9.17, 15) is 4.39 Å². The molecule has 0 fully saturated rings. The monoisotopic (exact) mass is 282 g/mol. The predicted octanol–water partition coefficient (Wildman–Crippen LogP) is 4.07. The standard InChI is InChI=1S/C16H27FN2O/c1-3-5-6-7-8-12-20-16-15(17)14(9-11-19-16)13-18-10-4-2/h9,11,18H,3-8,10,12-13H2,1-2H3. The Morgan fingerprint density at radius 1 is 1.15 bits per heavy atom. The lowest BCUT2D eigenvalue weighted by molar-refractivity contribution is 0.277. The van der Waals surface area contributed by atoms with E-state index in [1.807, 2.05) is 0 Å². The molecule has 1 rings (SSSR count). The van der Waals surface area contributed by atoms with Gasteiger partial charge in [-0.3, -0.25) is 0 Å². The first kappa shape index (κ1) is 16.9. The van der Waals surface area contributed by atoms with E-state index < -0.39 is 0 Å². The van der Waals surface area contributed by atoms with Crippen molar-refractivity contribution in [2.45, 2.75) is 58.9 Å². The van der Waals surface area contributed by atoms with Crippen molar-refractivity contribution in [2.75, 3.05) is 13.2 Å². The van der Waals surface area contributed by atoms with Crippen LogP contribution >= 0.6 is 0 Å². The molecule has 0 radical (unpaired) electrons. The molecule has 0 spiro atoms. The summed E-state index contributed by atoms with van der Waals surface area (Å²) in [6.45, 7) is 6.22. The van der Waals surface area contributed by atoms with Crippen molar-refractivity contribution in [3.05, 3.63) is 23.6 Å². The molecular weight excluding hydrogens is 255 g/mol. The summed E-state index contributed by atoms with van der Waals surface area (Å²) in [5, 5.41) is 3.19. The van der Waals surface area contributed by atoms with Crippen molar-refractivity contribution in [2.24, 2.45) is 0 Å². The summed E-state index contributed by atoms with van der Waals surface area (Å²) in [7, 11) is 0. The van der Waals surface area contributed by atoms with Crippen LogP contribution in [0.25, 0.3) is 0 Å². The van der Waals surface area contributed by atoms with Gasteiger partial charge in [0.1, 0.15) is 0 Å². The molecule has 0 aromatic carbocycles. The minimum atomic E-state index is -0.329. The molecule has 0 unspecified atom stereocenters. The summed E-state index contributed by atoms with van der Waals surface area (Å²) in [5.41, 5.74) is 0.620. The number of ether oxygens (including phenoxy) is 1. The quantitative estimate of drug-likeness (QED) is 0.621. The zero-order valence-electron chi connectivity index (χ0n) is 12.8. The van der Waals surface area contributed by atoms with Crippen LogP contribution in [-0.4, -0.2) is 18.1 Å². The van der Waals surface area contributed by atoms with Gasteiger partial charge in [0.05, 0.1) is 6.61 Å². The fourth-order valence-electron chi connectivity index (χ4n) is 1.97. The second-order valence-electron chi connectivity index (χ2n) is 5.03. The van der Waals surface area contributed by atoms with Crippen LogP contribution < -0.4 is 10.1 Å². The topological polar surface area (TPSA) is 34.1 Å². The summed E-state index contributed by atoms with van der Waals surface area (Å²) >= 11 is 0. The van der Waals surface area contributed by atoms with Gasteiger partial charge in [0.2, 0.25) is 0 Å². The molecule has 114 valence electrons. The van der Waals surface area contributed by atoms with E-state index in [4.69, 9.17) is 4.74 Å². The number of hydrogen-bond donors (Lipinski definition) is 1. The maximum absolute atomic E-state index is 14.1. The molecule has 0 amide bonds. The number of hydrogen-bond acceptors (Lipinski definition) is 3. The maximum Gasteiger partial charge on any atom is 0.250 e. The number of pyridine rings is 1. The summed E-state index contributed by atoms with van der Waals surface area (Å²) in [6.07, 6.45) is 8.44. The highest BCUT2D eigenvalue weighted by molar-refractivity contribution is 5.23. The van der Waals surface area contributed by atoms with Crippen molar-refractivity contribution in [1.29, 1.82) is 0 Å². The molecule has 0 aliphatic rings. The average Bonchev–Trinajstić information content (AvgIpc) is 2.46. The number of aromatic nitrogens is 1. The SMILES string of the molecule is CCCCCCCOc1nccc(CNCCC)c1F. The van der Waals surface area contributed by atoms with Gasteiger partial charge in [-0.1, -0.05) is 39.5 Å². The lowest BCUT2D eigenvalue weighted by Gasteiger charge is -2.09. The molecule has 0 saturated heterocycles. The van der Waals surface area contributed by atoms with E-state index in [1.165, 1.54) is 19.3 Å². The third-order valence-electron chi connectivity index (χ3n) is 3.17. The van der Waals surface area contributed by atoms with Crippen molar-refractivity contribution in [3.63, 3.8) is 0 Å². The Kier molecular flexibility index (Phi) is 8.96. The molecule has 4 heteroatoms. The highest BCUT2D eigenvalue weighted by Gasteiger charge is 2.10. The second-order valence-corrected chi connectivity index (χ2v) is 5.03. The molecule has 3 nitrogen and oxygen atoms in total. The van der Waals surface area contributed by atoms with Crippen molar-refractivity contribution >= 4 is 0 Å². The molecule has 20 heavy (non-hydrogen) atoms. The van der Waals surface area contributed by atoms with Gasteiger partial charge in [0.15, 0.2) is 5.82 Å². The van der Waals surface area contributed by atoms with Gasteiger partial charge in [-0.05, 0) is 25.5 Å². The zero-order valence-corrected chi connectivity index (χ0v) is 12.8. The Hall–Kier alpha value is -1.16. The second kappa shape index (κ2) is 10.6. The van der Waals surface area contributed by atoms with Crippen LogP contribution in [0, 0.1) is 5.82 Å². The molecular formula is C16H27FN2O. The summed E-state index contributed by atoms with van der Waals surface area (Å²) < 4.78 is 19.6. The maximum atomic E-state index is 14.1. The van der Waals surface area contributed by atoms with Crippen LogP contribution in [0.1, 0.15) is 57.9 Å². The van der Waals surface area contributed by atoms with E-state index in [2.05, 4.69) is 24.1 Å². The first-order valence-electron chi connectivity index (χ1n) is 7.76. The third-order valence-corrected chi connectivity index (χ3v) is 3.17. The van der Waals surface area contributed by atoms with E-state index in [1.54, 1.807) is 12.3 Å². The van der Waals surface area contributed by atoms with E-state index in [-0.39, 0.29) is 11.7 Å². The fourth-order valence-corrected chi connectivity index (χ4v) is 1.97. The molecule has 0 aliphatic carbocycles. The van der Waals surface area contributed by atoms with E-state index >= 15 is 0 Å². The molecule has 0 bridgehead atoms. The summed E-state index contributed by atoms with van der Waals surface area (Å²) in [4.78, 5) is 3.98. The average molecular weight is 282 g/mol. The van der Waals surface area contributed by atoms with Crippen LogP contribution in [0.4, 0.5) is 4.39 Å². The van der Waals surface area contributed by atoms with Gasteiger partial charge in [-0.25, -0.2) is 9.37 Å². The Balaban J connectivity index is 2.35. The molecule has 1 heterocycles. The Bertz CT molecular complexity index is 371. The van der Waals surface area contributed by atoms with Crippen molar-refractivity contribution < 1.29 is 9.13 Å². The van der Waals surface area contributed by atoms with Gasteiger partial charge in [0, 0.05) is 18.3 Å². The van der Waals surface area contributed by atoms with Gasteiger partial charge >= 0.3 is 0 Å². The number of nitrogens with zero attached hydrogens (tertiary/aromatic N) is 1. The van der Waals surface area contributed by atoms with Crippen LogP contribution in [0.3, 0.4) is 0 Å². The summed E-state index contributed by atoms with van der Waals surface area (Å²) in [5.74, 6) is -0.194. The van der Waals surface area contributed by atoms with Crippen molar-refractivity contribution in [1.82, 2.24) is 10.3 Å². The van der Waals surface area contributed by atoms with Gasteiger partial charge in [0.25, 0.3) is 5.88 Å². The highest BCUT2D eigenvalue weighted by atomic mass is 19.1. The first-order chi connectivity index (χ1) is 9.79. The Morgan fingerprint density at radius 3 is 2.70 bits per heavy atom. The van der Waals surface area contributed by atoms with Crippen LogP contribution in [0.5, 0.6) is 5.88 Å². The normalized spacial score (nSPS) is 10.8. The molecule has 1 N–H and O–H groups in total. The van der Waals surface area contributed by atoms with Gasteiger partial charge < -0.3 is 10.1 Å². The summed E-state index contributed by atoms with van der Waals surface area (Å²) in [6, 6.07) is 1.70. The smallest absolute Gasteiger partial charge is 0.250 e. The van der Waals surface area contributed by atoms with Crippen LogP contribution in [0.2, 0.25) is 0 Å². The molecule has 0 saturated carbocycles. The first-order valence-corrected chi connectivity index (χ1v) is 7.76. The molecule has 1 aromatic heterocycles. The van der Waals surface area contributed by atoms with E-state index in [0.717, 1.165) is 25.8 Å². The largest absolute Gasteiger partial charge is 0.476 e. The van der Waals surface area contributed by atoms with Gasteiger partial charge in [-0.2, -0.15) is 0 Å². The minimum absolute atomic E-state index is 0.135. The lowest BCUT2D eigenvalue weighted by Crippen LogP contribution is -2.15. The van der Waals surface area contributed by atoms with E-state index in [0.29, 0.717) is 18.7 Å². The predicted molar refractivity (Wildman–Crippen MR) is 80.4 cm³/mol. The van der Waals surface area contributed by atoms with Gasteiger partial charge in [-0.15, -0.1) is 0 Å². The zero-order chi connectivity index (χ0) is 14.6. The van der Waals surface area contributed by atoms with Crippen molar-refractivity contribution in [3.8, 4) is 5.88 Å². The third kappa shape index (κ3) is 6.33. The van der Waals surface area contributed by atoms with Crippen LogP contribution in [-0.2, 0) is 6.54 Å². The lowest BCUT2D eigenvalue weighted by atomic mass is 10.2. The molecule has 0 aliphatic heterocycles. The number of unbranched alkanes of at least 4 members (excludes halogenated alkanes) is 4. The molecule has 0 atom stereocenters. The molecule has 1 aromatic rings. The number of halogens is 1. The van der Waals surface area contributed by atoms with Crippen LogP contribution in [0.15, 0.2) is 12.3 Å². The Labute approximate surface area is 121 Å². The fraction of sp³-hybridized carbons (Fsp3) is 0.688. The number of rotatable bonds is 11.